The van der Waals surface area contributed by atoms with E-state index in [4.69, 9.17) is 0 Å². The van der Waals surface area contributed by atoms with E-state index >= 15 is 0 Å². The summed E-state index contributed by atoms with van der Waals surface area (Å²) in [5, 5.41) is 8.63. The van der Waals surface area contributed by atoms with Gasteiger partial charge in [-0.2, -0.15) is 5.10 Å². The predicted molar refractivity (Wildman–Crippen MR) is 51.1 cm³/mol. The Bertz CT molecular complexity index is 116. The zero-order valence-electron chi connectivity index (χ0n) is 7.22. The number of carbonyl (C=O) groups excluding carboxylic acids is 1. The lowest BCUT2D eigenvalue weighted by atomic mass is 10.4. The van der Waals surface area contributed by atoms with Gasteiger partial charge in [0.05, 0.1) is 0 Å². The van der Waals surface area contributed by atoms with Crippen LogP contribution < -0.4 is 10.5 Å². The van der Waals surface area contributed by atoms with Gasteiger partial charge in [-0.25, -0.2) is 0 Å². The summed E-state index contributed by atoms with van der Waals surface area (Å²) in [6.45, 7) is 5.90. The van der Waals surface area contributed by atoms with Crippen LogP contribution in [-0.2, 0) is 4.79 Å². The number of hydrogen-bond acceptors (Lipinski definition) is 3. The quantitative estimate of drug-likeness (QED) is 0.221. The Kier molecular flexibility index (Phi) is 14.3. The fraction of sp³-hybridized carbons (Fsp3) is 0.667. The smallest absolute Gasteiger partial charge is 0.212 e. The van der Waals surface area contributed by atoms with Crippen molar-refractivity contribution in [3.8, 4) is 0 Å². The van der Waals surface area contributed by atoms with E-state index in [2.05, 4.69) is 25.0 Å². The summed E-state index contributed by atoms with van der Waals surface area (Å²) in [7, 11) is 2.21. The third-order valence-corrected chi connectivity index (χ3v) is 0.889. The molecule has 0 saturated carbocycles. The molecule has 5 heteroatoms. The van der Waals surface area contributed by atoms with Gasteiger partial charge in [0.25, 0.3) is 0 Å². The largest absolute Gasteiger partial charge is 0.315 e. The minimum atomic E-state index is 0.602. The molecule has 0 aliphatic heterocycles. The number of nitrogens with zero attached hydrogens (tertiary/aromatic N) is 1. The molecule has 0 bridgehead atoms. The molecule has 0 radical (unpaired) electrons. The van der Waals surface area contributed by atoms with Gasteiger partial charge in [-0.1, -0.05) is 20.8 Å². The van der Waals surface area contributed by atoms with Gasteiger partial charge in [0.2, 0.25) is 6.41 Å². The Labute approximate surface area is 70.1 Å². The summed E-state index contributed by atoms with van der Waals surface area (Å²) in [4.78, 5) is 9.82. The zero-order valence-corrected chi connectivity index (χ0v) is 8.37. The summed E-state index contributed by atoms with van der Waals surface area (Å²) in [5.74, 6) is 0.625. The second-order valence-electron chi connectivity index (χ2n) is 1.30. The predicted octanol–water partition coefficient (Wildman–Crippen LogP) is 0.862. The van der Waals surface area contributed by atoms with Crippen molar-refractivity contribution < 1.29 is 4.79 Å². The minimum absolute atomic E-state index is 0.602. The summed E-state index contributed by atoms with van der Waals surface area (Å²) in [5.41, 5.74) is 0. The number of hydrogen-bond donors (Lipinski definition) is 2. The van der Waals surface area contributed by atoms with Gasteiger partial charge in [0.15, 0.2) is 0 Å². The van der Waals surface area contributed by atoms with E-state index in [1.54, 1.807) is 0 Å². The van der Waals surface area contributed by atoms with Gasteiger partial charge in [-0.05, 0) is 9.39 Å². The molecular weight excluding hydrogens is 161 g/mol. The first kappa shape index (κ1) is 13.0. The maximum absolute atomic E-state index is 9.82. The maximum Gasteiger partial charge on any atom is 0.212 e. The molecule has 0 saturated heterocycles. The standard InChI is InChI=1S/C4H10N3OP.C2H6/c1-2-4(5-3-8)6-7-9;1-2/h3,7H,2,9H2,1H3,(H,5,6,8);1-2H3. The van der Waals surface area contributed by atoms with E-state index in [0.29, 0.717) is 18.7 Å². The van der Waals surface area contributed by atoms with E-state index in [0.717, 1.165) is 0 Å². The maximum atomic E-state index is 9.82. The van der Waals surface area contributed by atoms with E-state index in [1.807, 2.05) is 20.8 Å². The van der Waals surface area contributed by atoms with Gasteiger partial charge < -0.3 is 5.32 Å². The van der Waals surface area contributed by atoms with Crippen molar-refractivity contribution in [3.05, 3.63) is 0 Å². The second kappa shape index (κ2) is 12.1. The van der Waals surface area contributed by atoms with Gasteiger partial charge in [-0.15, -0.1) is 0 Å². The monoisotopic (exact) mass is 177 g/mol. The average Bonchev–Trinajstić information content (AvgIpc) is 2.08. The molecule has 0 heterocycles. The molecule has 66 valence electrons. The van der Waals surface area contributed by atoms with Crippen molar-refractivity contribution in [1.29, 1.82) is 0 Å². The summed E-state index contributed by atoms with van der Waals surface area (Å²) >= 11 is 0. The number of amides is 1. The summed E-state index contributed by atoms with van der Waals surface area (Å²) < 4.78 is 0. The first-order valence-corrected chi connectivity index (χ1v) is 4.15. The van der Waals surface area contributed by atoms with Gasteiger partial charge in [0, 0.05) is 6.42 Å². The van der Waals surface area contributed by atoms with Crippen LogP contribution >= 0.6 is 9.39 Å². The normalized spacial score (nSPS) is 9.27. The van der Waals surface area contributed by atoms with E-state index < -0.39 is 0 Å². The van der Waals surface area contributed by atoms with Crippen LogP contribution in [0.2, 0.25) is 0 Å². The third-order valence-electron chi connectivity index (χ3n) is 0.760. The number of nitrogens with one attached hydrogen (secondary N) is 2. The molecule has 1 atom stereocenters. The number of hydrazone groups is 1. The van der Waals surface area contributed by atoms with E-state index in [9.17, 15) is 4.79 Å². The molecular formula is C6H16N3OP. The highest BCUT2D eigenvalue weighted by Gasteiger charge is 1.88. The van der Waals surface area contributed by atoms with Gasteiger partial charge in [0.1, 0.15) is 5.84 Å². The Morgan fingerprint density at radius 3 is 2.45 bits per heavy atom. The zero-order chi connectivity index (χ0) is 9.11. The molecule has 0 aliphatic rings. The van der Waals surface area contributed by atoms with Crippen LogP contribution in [0.3, 0.4) is 0 Å². The van der Waals surface area contributed by atoms with Crippen molar-refractivity contribution in [2.24, 2.45) is 5.10 Å². The van der Waals surface area contributed by atoms with Gasteiger partial charge in [-0.3, -0.25) is 9.99 Å². The lowest BCUT2D eigenvalue weighted by molar-refractivity contribution is -0.108. The van der Waals surface area contributed by atoms with Crippen LogP contribution in [-0.4, -0.2) is 12.2 Å². The van der Waals surface area contributed by atoms with E-state index in [-0.39, 0.29) is 0 Å². The highest BCUT2D eigenvalue weighted by Crippen LogP contribution is 1.78. The van der Waals surface area contributed by atoms with Crippen LogP contribution in [0.15, 0.2) is 5.10 Å². The molecule has 0 aromatic rings. The molecule has 0 aromatic heterocycles. The van der Waals surface area contributed by atoms with Crippen LogP contribution in [0, 0.1) is 0 Å². The van der Waals surface area contributed by atoms with Crippen LogP contribution in [0.1, 0.15) is 27.2 Å². The summed E-state index contributed by atoms with van der Waals surface area (Å²) in [6.07, 6.45) is 1.31. The second-order valence-corrected chi connectivity index (χ2v) is 1.56. The summed E-state index contributed by atoms with van der Waals surface area (Å²) in [6, 6.07) is 0. The van der Waals surface area contributed by atoms with Gasteiger partial charge >= 0.3 is 0 Å². The molecule has 0 rings (SSSR count). The molecule has 1 unspecified atom stereocenters. The number of rotatable bonds is 3. The molecule has 0 spiro atoms. The lowest BCUT2D eigenvalue weighted by Gasteiger charge is -1.97. The van der Waals surface area contributed by atoms with E-state index in [1.165, 1.54) is 0 Å². The Morgan fingerprint density at radius 2 is 2.18 bits per heavy atom. The highest BCUT2D eigenvalue weighted by atomic mass is 31.0. The SMILES string of the molecule is CC.CC/C(=N/NP)NC=O. The van der Waals surface area contributed by atoms with Crippen LogP contribution in [0.25, 0.3) is 0 Å². The molecule has 4 nitrogen and oxygen atoms in total. The van der Waals surface area contributed by atoms with Crippen molar-refractivity contribution in [2.45, 2.75) is 27.2 Å². The van der Waals surface area contributed by atoms with Crippen molar-refractivity contribution in [3.63, 3.8) is 0 Å². The topological polar surface area (TPSA) is 53.5 Å². The van der Waals surface area contributed by atoms with Crippen molar-refractivity contribution in [1.82, 2.24) is 10.5 Å². The fourth-order valence-corrected chi connectivity index (χ4v) is 0.515. The molecule has 2 N–H and O–H groups in total. The molecule has 1 amide bonds. The van der Waals surface area contributed by atoms with Crippen LogP contribution in [0.4, 0.5) is 0 Å². The first-order chi connectivity index (χ1) is 5.35. The minimum Gasteiger partial charge on any atom is -0.315 e. The van der Waals surface area contributed by atoms with Crippen molar-refractivity contribution >= 4 is 21.6 Å². The lowest BCUT2D eigenvalue weighted by Crippen LogP contribution is -2.21. The molecule has 0 fully saturated rings. The Hall–Kier alpha value is -0.630. The number of carbonyl (C=O) groups is 1. The van der Waals surface area contributed by atoms with Crippen molar-refractivity contribution in [2.75, 3.05) is 0 Å². The molecule has 0 aliphatic carbocycles. The molecule has 0 aromatic carbocycles. The van der Waals surface area contributed by atoms with Crippen LogP contribution in [0.5, 0.6) is 0 Å². The number of amidine groups is 1. The molecule has 11 heavy (non-hydrogen) atoms. The fourth-order valence-electron chi connectivity index (χ4n) is 0.359. The third kappa shape index (κ3) is 9.37. The first-order valence-electron chi connectivity index (χ1n) is 3.57. The average molecular weight is 177 g/mol. The highest BCUT2D eigenvalue weighted by molar-refractivity contribution is 7.13. The Balaban J connectivity index is 0. The Morgan fingerprint density at radius 1 is 1.64 bits per heavy atom.